The number of nitrogens with one attached hydrogen (secondary N) is 2. The number of anilines is 1. The van der Waals surface area contributed by atoms with E-state index in [1.165, 1.54) is 25.7 Å². The molecular weight excluding hydrogens is 316 g/mol. The van der Waals surface area contributed by atoms with Crippen molar-refractivity contribution < 1.29 is 9.59 Å². The van der Waals surface area contributed by atoms with E-state index in [-0.39, 0.29) is 11.8 Å². The maximum atomic E-state index is 12.3. The van der Waals surface area contributed by atoms with Gasteiger partial charge in [0, 0.05) is 32.3 Å². The largest absolute Gasteiger partial charge is 0.357 e. The standard InChI is InChI=1S/C19H28N4O2/c24-18-8-4-3-7-16(22-18)19(25)21-14-15-9-10-17(20-13-15)23-11-5-1-2-6-12-23/h9-10,13,16H,1-8,11-12,14H2,(H,21,25)(H,22,24). The third-order valence-electron chi connectivity index (χ3n) is 5.00. The monoisotopic (exact) mass is 344 g/mol. The third-order valence-corrected chi connectivity index (χ3v) is 5.00. The average molecular weight is 344 g/mol. The molecule has 25 heavy (non-hydrogen) atoms. The average Bonchev–Trinajstić information content (AvgIpc) is 3.03. The van der Waals surface area contributed by atoms with E-state index in [4.69, 9.17) is 0 Å². The summed E-state index contributed by atoms with van der Waals surface area (Å²) < 4.78 is 0. The maximum absolute atomic E-state index is 12.3. The van der Waals surface area contributed by atoms with Gasteiger partial charge in [-0.2, -0.15) is 0 Å². The van der Waals surface area contributed by atoms with Gasteiger partial charge in [-0.1, -0.05) is 25.3 Å². The summed E-state index contributed by atoms with van der Waals surface area (Å²) >= 11 is 0. The Bertz CT molecular complexity index is 580. The van der Waals surface area contributed by atoms with Gasteiger partial charge < -0.3 is 15.5 Å². The van der Waals surface area contributed by atoms with Crippen molar-refractivity contribution in [3.05, 3.63) is 23.9 Å². The molecule has 2 aliphatic heterocycles. The minimum absolute atomic E-state index is 0.0267. The molecule has 3 heterocycles. The first-order chi connectivity index (χ1) is 12.2. The lowest BCUT2D eigenvalue weighted by Crippen LogP contribution is -2.45. The van der Waals surface area contributed by atoms with Gasteiger partial charge in [0.2, 0.25) is 11.8 Å². The molecule has 1 atom stereocenters. The van der Waals surface area contributed by atoms with Gasteiger partial charge in [-0.15, -0.1) is 0 Å². The predicted molar refractivity (Wildman–Crippen MR) is 97.2 cm³/mol. The van der Waals surface area contributed by atoms with Crippen LogP contribution in [0.25, 0.3) is 0 Å². The third kappa shape index (κ3) is 5.18. The van der Waals surface area contributed by atoms with Crippen LogP contribution < -0.4 is 15.5 Å². The van der Waals surface area contributed by atoms with E-state index in [0.29, 0.717) is 19.4 Å². The fourth-order valence-electron chi connectivity index (χ4n) is 3.49. The summed E-state index contributed by atoms with van der Waals surface area (Å²) in [6.07, 6.45) is 9.90. The van der Waals surface area contributed by atoms with Crippen LogP contribution in [0.5, 0.6) is 0 Å². The Morgan fingerprint density at radius 3 is 2.68 bits per heavy atom. The number of hydrogen-bond donors (Lipinski definition) is 2. The van der Waals surface area contributed by atoms with E-state index in [1.54, 1.807) is 0 Å². The number of nitrogens with zero attached hydrogens (tertiary/aromatic N) is 2. The normalized spacial score (nSPS) is 21.8. The van der Waals surface area contributed by atoms with Crippen LogP contribution in [0.2, 0.25) is 0 Å². The smallest absolute Gasteiger partial charge is 0.242 e. The molecule has 0 bridgehead atoms. The summed E-state index contributed by atoms with van der Waals surface area (Å²) in [4.78, 5) is 30.8. The van der Waals surface area contributed by atoms with Crippen molar-refractivity contribution >= 4 is 17.6 Å². The van der Waals surface area contributed by atoms with E-state index in [2.05, 4.69) is 20.5 Å². The van der Waals surface area contributed by atoms with Crippen LogP contribution in [0.3, 0.4) is 0 Å². The predicted octanol–water partition coefficient (Wildman–Crippen LogP) is 2.14. The van der Waals surface area contributed by atoms with Gasteiger partial charge in [0.25, 0.3) is 0 Å². The highest BCUT2D eigenvalue weighted by Crippen LogP contribution is 2.17. The minimum Gasteiger partial charge on any atom is -0.357 e. The molecule has 1 aromatic heterocycles. The van der Waals surface area contributed by atoms with Crippen LogP contribution >= 0.6 is 0 Å². The second-order valence-corrected chi connectivity index (χ2v) is 7.01. The van der Waals surface area contributed by atoms with Gasteiger partial charge in [-0.3, -0.25) is 9.59 Å². The molecule has 0 spiro atoms. The summed E-state index contributed by atoms with van der Waals surface area (Å²) in [5.74, 6) is 0.890. The van der Waals surface area contributed by atoms with Gasteiger partial charge in [0.1, 0.15) is 11.9 Å². The molecule has 0 saturated carbocycles. The van der Waals surface area contributed by atoms with Gasteiger partial charge in [0.15, 0.2) is 0 Å². The first-order valence-corrected chi connectivity index (χ1v) is 9.49. The van der Waals surface area contributed by atoms with Gasteiger partial charge in [0.05, 0.1) is 0 Å². The Hall–Kier alpha value is -2.11. The van der Waals surface area contributed by atoms with Gasteiger partial charge >= 0.3 is 0 Å². The molecule has 0 aliphatic carbocycles. The van der Waals surface area contributed by atoms with E-state index < -0.39 is 6.04 Å². The summed E-state index contributed by atoms with van der Waals surface area (Å²) in [5, 5.41) is 5.72. The molecule has 1 unspecified atom stereocenters. The Kier molecular flexibility index (Phi) is 6.25. The first kappa shape index (κ1) is 17.7. The van der Waals surface area contributed by atoms with Crippen molar-refractivity contribution in [2.45, 2.75) is 64.0 Å². The van der Waals surface area contributed by atoms with Crippen molar-refractivity contribution in [1.82, 2.24) is 15.6 Å². The highest BCUT2D eigenvalue weighted by Gasteiger charge is 2.22. The summed E-state index contributed by atoms with van der Waals surface area (Å²) in [7, 11) is 0. The molecule has 0 radical (unpaired) electrons. The van der Waals surface area contributed by atoms with Gasteiger partial charge in [-0.25, -0.2) is 4.98 Å². The van der Waals surface area contributed by atoms with Crippen molar-refractivity contribution in [3.63, 3.8) is 0 Å². The quantitative estimate of drug-likeness (QED) is 0.877. The Labute approximate surface area is 149 Å². The molecule has 1 aromatic rings. The Balaban J connectivity index is 1.51. The molecule has 2 fully saturated rings. The van der Waals surface area contributed by atoms with Crippen molar-refractivity contribution in [2.75, 3.05) is 18.0 Å². The number of amides is 2. The van der Waals surface area contributed by atoms with E-state index in [1.807, 2.05) is 18.3 Å². The molecule has 2 aliphatic rings. The zero-order valence-electron chi connectivity index (χ0n) is 14.8. The summed E-state index contributed by atoms with van der Waals surface area (Å²) in [6.45, 7) is 2.59. The highest BCUT2D eigenvalue weighted by atomic mass is 16.2. The molecule has 2 amide bonds. The topological polar surface area (TPSA) is 74.3 Å². The van der Waals surface area contributed by atoms with Crippen molar-refractivity contribution in [2.24, 2.45) is 0 Å². The Morgan fingerprint density at radius 1 is 1.16 bits per heavy atom. The molecule has 2 N–H and O–H groups in total. The lowest BCUT2D eigenvalue weighted by molar-refractivity contribution is -0.128. The lowest BCUT2D eigenvalue weighted by Gasteiger charge is -2.21. The molecule has 6 nitrogen and oxygen atoms in total. The van der Waals surface area contributed by atoms with Crippen LogP contribution in [0.4, 0.5) is 5.82 Å². The minimum atomic E-state index is -0.403. The first-order valence-electron chi connectivity index (χ1n) is 9.49. The second-order valence-electron chi connectivity index (χ2n) is 7.01. The molecule has 2 saturated heterocycles. The van der Waals surface area contributed by atoms with E-state index >= 15 is 0 Å². The van der Waals surface area contributed by atoms with Crippen LogP contribution in [-0.2, 0) is 16.1 Å². The fourth-order valence-corrected chi connectivity index (χ4v) is 3.49. The van der Waals surface area contributed by atoms with Crippen molar-refractivity contribution in [3.8, 4) is 0 Å². The number of rotatable bonds is 4. The SMILES string of the molecule is O=C1CCCCC(C(=O)NCc2ccc(N3CCCCCC3)nc2)N1. The molecular formula is C19H28N4O2. The van der Waals surface area contributed by atoms with Crippen LogP contribution in [0.15, 0.2) is 18.3 Å². The highest BCUT2D eigenvalue weighted by molar-refractivity contribution is 5.87. The van der Waals surface area contributed by atoms with Crippen LogP contribution in [0.1, 0.15) is 56.9 Å². The van der Waals surface area contributed by atoms with Crippen molar-refractivity contribution in [1.29, 1.82) is 0 Å². The van der Waals surface area contributed by atoms with Crippen LogP contribution in [0, 0.1) is 0 Å². The maximum Gasteiger partial charge on any atom is 0.242 e. The number of carbonyl (C=O) groups is 2. The van der Waals surface area contributed by atoms with Gasteiger partial charge in [-0.05, 0) is 37.3 Å². The Morgan fingerprint density at radius 2 is 1.96 bits per heavy atom. The number of pyridine rings is 1. The summed E-state index contributed by atoms with van der Waals surface area (Å²) in [5.41, 5.74) is 0.979. The molecule has 3 rings (SSSR count). The number of carbonyl (C=O) groups excluding carboxylic acids is 2. The molecule has 136 valence electrons. The summed E-state index contributed by atoms with van der Waals surface area (Å²) in [6, 6.07) is 3.67. The fraction of sp³-hybridized carbons (Fsp3) is 0.632. The van der Waals surface area contributed by atoms with E-state index in [0.717, 1.165) is 37.3 Å². The zero-order chi connectivity index (χ0) is 17.5. The van der Waals surface area contributed by atoms with E-state index in [9.17, 15) is 9.59 Å². The molecule has 6 heteroatoms. The zero-order valence-corrected chi connectivity index (χ0v) is 14.8. The number of hydrogen-bond acceptors (Lipinski definition) is 4. The second kappa shape index (κ2) is 8.83. The lowest BCUT2D eigenvalue weighted by atomic mass is 10.1. The number of aromatic nitrogens is 1. The molecule has 0 aromatic carbocycles. The van der Waals surface area contributed by atoms with Crippen LogP contribution in [-0.4, -0.2) is 35.9 Å².